The highest BCUT2D eigenvalue weighted by Crippen LogP contribution is 2.27. The Bertz CT molecular complexity index is 1150. The van der Waals surface area contributed by atoms with Crippen molar-refractivity contribution in [2.45, 2.75) is 62.9 Å². The Morgan fingerprint density at radius 1 is 1.17 bits per heavy atom. The summed E-state index contributed by atoms with van der Waals surface area (Å²) >= 11 is 1.34. The van der Waals surface area contributed by atoms with Crippen molar-refractivity contribution >= 4 is 28.6 Å². The summed E-state index contributed by atoms with van der Waals surface area (Å²) in [7, 11) is 0. The molecule has 0 radical (unpaired) electrons. The molecule has 5 nitrogen and oxygen atoms in total. The summed E-state index contributed by atoms with van der Waals surface area (Å²) in [4.78, 5) is 31.0. The van der Waals surface area contributed by atoms with E-state index < -0.39 is 0 Å². The Labute approximate surface area is 180 Å². The molecule has 0 bridgehead atoms. The number of para-hydroxylation sites is 1. The van der Waals surface area contributed by atoms with E-state index in [1.807, 2.05) is 51.1 Å². The summed E-state index contributed by atoms with van der Waals surface area (Å²) in [5.41, 5.74) is 3.47. The van der Waals surface area contributed by atoms with Gasteiger partial charge in [-0.05, 0) is 57.4 Å². The second-order valence-corrected chi connectivity index (χ2v) is 9.40. The van der Waals surface area contributed by atoms with E-state index in [-0.39, 0.29) is 22.8 Å². The number of aromatic nitrogens is 2. The van der Waals surface area contributed by atoms with E-state index in [1.165, 1.54) is 24.6 Å². The molecule has 1 aromatic heterocycles. The Balaban J connectivity index is 1.75. The maximum atomic E-state index is 13.4. The van der Waals surface area contributed by atoms with Crippen LogP contribution in [0.1, 0.15) is 43.7 Å². The topological polar surface area (TPSA) is 64.0 Å². The minimum atomic E-state index is -0.351. The summed E-state index contributed by atoms with van der Waals surface area (Å²) in [6.07, 6.45) is 4.44. The number of fused-ring (bicyclic) bond motifs is 1. The number of rotatable bonds is 5. The molecule has 0 unspecified atom stereocenters. The number of nitrogens with zero attached hydrogens (tertiary/aromatic N) is 2. The number of carbonyl (C=O) groups excluding carboxylic acids is 1. The Kier molecular flexibility index (Phi) is 5.95. The maximum absolute atomic E-state index is 13.4. The molecule has 0 spiro atoms. The van der Waals surface area contributed by atoms with Gasteiger partial charge in [-0.1, -0.05) is 54.4 Å². The second kappa shape index (κ2) is 8.64. The van der Waals surface area contributed by atoms with Crippen molar-refractivity contribution < 1.29 is 4.79 Å². The first-order chi connectivity index (χ1) is 14.4. The van der Waals surface area contributed by atoms with Crippen LogP contribution < -0.4 is 10.9 Å². The van der Waals surface area contributed by atoms with E-state index in [1.54, 1.807) is 10.6 Å². The Morgan fingerprint density at radius 2 is 1.90 bits per heavy atom. The van der Waals surface area contributed by atoms with Crippen molar-refractivity contribution in [2.24, 2.45) is 0 Å². The van der Waals surface area contributed by atoms with Gasteiger partial charge in [0.05, 0.1) is 21.8 Å². The van der Waals surface area contributed by atoms with Crippen LogP contribution in [-0.4, -0.2) is 26.8 Å². The zero-order valence-corrected chi connectivity index (χ0v) is 18.5. The first kappa shape index (κ1) is 20.7. The molecule has 1 aliphatic rings. The quantitative estimate of drug-likeness (QED) is 0.485. The molecule has 4 rings (SSSR count). The van der Waals surface area contributed by atoms with Crippen LogP contribution in [0.4, 0.5) is 0 Å². The number of carbonyl (C=O) groups is 1. The van der Waals surface area contributed by atoms with Gasteiger partial charge in [0.2, 0.25) is 5.91 Å². The molecule has 1 atom stereocenters. The van der Waals surface area contributed by atoms with Crippen LogP contribution in [0.25, 0.3) is 16.6 Å². The van der Waals surface area contributed by atoms with Crippen LogP contribution in [0.15, 0.2) is 52.4 Å². The zero-order valence-electron chi connectivity index (χ0n) is 17.6. The SMILES string of the molecule is Cc1ccc(-n2c(S[C@H](C)C(=O)NC3CCCC3)nc3ccccc3c2=O)c(C)c1. The standard InChI is InChI=1S/C24H27N3O2S/c1-15-12-13-21(16(2)14-15)27-23(29)19-10-6-7-11-20(19)26-24(27)30-17(3)22(28)25-18-8-4-5-9-18/h6-7,10-14,17-18H,4-5,8-9H2,1-3H3,(H,25,28)/t17-/m1/s1. The van der Waals surface area contributed by atoms with E-state index in [4.69, 9.17) is 4.98 Å². The number of nitrogens with one attached hydrogen (secondary N) is 1. The molecule has 1 aliphatic carbocycles. The van der Waals surface area contributed by atoms with Crippen LogP contribution >= 0.6 is 11.8 Å². The summed E-state index contributed by atoms with van der Waals surface area (Å²) in [6, 6.07) is 13.6. The lowest BCUT2D eigenvalue weighted by molar-refractivity contribution is -0.120. The highest BCUT2D eigenvalue weighted by Gasteiger charge is 2.24. The van der Waals surface area contributed by atoms with Gasteiger partial charge < -0.3 is 5.32 Å². The molecule has 0 aliphatic heterocycles. The average molecular weight is 422 g/mol. The number of aryl methyl sites for hydroxylation is 2. The van der Waals surface area contributed by atoms with Crippen molar-refractivity contribution in [3.05, 3.63) is 63.9 Å². The lowest BCUT2D eigenvalue weighted by Crippen LogP contribution is -2.38. The maximum Gasteiger partial charge on any atom is 0.266 e. The molecule has 1 N–H and O–H groups in total. The molecular weight excluding hydrogens is 394 g/mol. The zero-order chi connectivity index (χ0) is 21.3. The van der Waals surface area contributed by atoms with Crippen LogP contribution in [-0.2, 0) is 4.79 Å². The molecule has 156 valence electrons. The minimum absolute atomic E-state index is 0.00138. The number of amides is 1. The monoisotopic (exact) mass is 421 g/mol. The number of hydrogen-bond acceptors (Lipinski definition) is 4. The first-order valence-corrected chi connectivity index (χ1v) is 11.4. The molecule has 1 saturated carbocycles. The van der Waals surface area contributed by atoms with Gasteiger partial charge >= 0.3 is 0 Å². The van der Waals surface area contributed by atoms with Crippen molar-refractivity contribution in [3.63, 3.8) is 0 Å². The average Bonchev–Trinajstić information content (AvgIpc) is 3.22. The van der Waals surface area contributed by atoms with Crippen molar-refractivity contribution in [1.82, 2.24) is 14.9 Å². The van der Waals surface area contributed by atoms with Crippen LogP contribution in [0.3, 0.4) is 0 Å². The summed E-state index contributed by atoms with van der Waals surface area (Å²) < 4.78 is 1.65. The van der Waals surface area contributed by atoms with Crippen LogP contribution in [0.5, 0.6) is 0 Å². The van der Waals surface area contributed by atoms with Crippen molar-refractivity contribution in [3.8, 4) is 5.69 Å². The van der Waals surface area contributed by atoms with E-state index in [2.05, 4.69) is 11.4 Å². The van der Waals surface area contributed by atoms with Gasteiger partial charge in [0.25, 0.3) is 5.56 Å². The van der Waals surface area contributed by atoms with Gasteiger partial charge in [-0.2, -0.15) is 0 Å². The van der Waals surface area contributed by atoms with Gasteiger partial charge in [0, 0.05) is 6.04 Å². The third kappa shape index (κ3) is 4.15. The normalized spacial score (nSPS) is 15.4. The predicted octanol–water partition coefficient (Wildman–Crippen LogP) is 4.54. The van der Waals surface area contributed by atoms with Gasteiger partial charge in [-0.3, -0.25) is 14.2 Å². The highest BCUT2D eigenvalue weighted by molar-refractivity contribution is 8.00. The molecular formula is C24H27N3O2S. The molecule has 1 amide bonds. The van der Waals surface area contributed by atoms with E-state index in [0.717, 1.165) is 29.7 Å². The molecule has 6 heteroatoms. The fourth-order valence-corrected chi connectivity index (χ4v) is 4.99. The van der Waals surface area contributed by atoms with Crippen LogP contribution in [0, 0.1) is 13.8 Å². The van der Waals surface area contributed by atoms with E-state index >= 15 is 0 Å². The molecule has 2 aromatic carbocycles. The lowest BCUT2D eigenvalue weighted by atomic mass is 10.1. The highest BCUT2D eigenvalue weighted by atomic mass is 32.2. The molecule has 0 saturated heterocycles. The molecule has 3 aromatic rings. The Morgan fingerprint density at radius 3 is 2.63 bits per heavy atom. The minimum Gasteiger partial charge on any atom is -0.352 e. The molecule has 30 heavy (non-hydrogen) atoms. The van der Waals surface area contributed by atoms with Crippen molar-refractivity contribution in [1.29, 1.82) is 0 Å². The van der Waals surface area contributed by atoms with Gasteiger partial charge in [-0.25, -0.2) is 4.98 Å². The summed E-state index contributed by atoms with van der Waals surface area (Å²) in [6.45, 7) is 5.90. The van der Waals surface area contributed by atoms with Crippen molar-refractivity contribution in [2.75, 3.05) is 0 Å². The van der Waals surface area contributed by atoms with E-state index in [0.29, 0.717) is 16.1 Å². The fraction of sp³-hybridized carbons (Fsp3) is 0.375. The smallest absolute Gasteiger partial charge is 0.266 e. The largest absolute Gasteiger partial charge is 0.352 e. The second-order valence-electron chi connectivity index (χ2n) is 8.09. The third-order valence-corrected chi connectivity index (χ3v) is 6.74. The summed E-state index contributed by atoms with van der Waals surface area (Å²) in [5, 5.41) is 3.92. The number of benzene rings is 2. The predicted molar refractivity (Wildman–Crippen MR) is 123 cm³/mol. The lowest BCUT2D eigenvalue weighted by Gasteiger charge is -2.19. The van der Waals surface area contributed by atoms with Gasteiger partial charge in [-0.15, -0.1) is 0 Å². The summed E-state index contributed by atoms with van der Waals surface area (Å²) in [5.74, 6) is 0.00138. The van der Waals surface area contributed by atoms with Gasteiger partial charge in [0.1, 0.15) is 0 Å². The molecule has 1 heterocycles. The number of thioether (sulfide) groups is 1. The van der Waals surface area contributed by atoms with E-state index in [9.17, 15) is 9.59 Å². The number of hydrogen-bond donors (Lipinski definition) is 1. The van der Waals surface area contributed by atoms with Crippen LogP contribution in [0.2, 0.25) is 0 Å². The van der Waals surface area contributed by atoms with Gasteiger partial charge in [0.15, 0.2) is 5.16 Å². The fourth-order valence-electron chi connectivity index (χ4n) is 4.06. The Hall–Kier alpha value is -2.60. The third-order valence-electron chi connectivity index (χ3n) is 5.69. The first-order valence-electron chi connectivity index (χ1n) is 10.5. The molecule has 1 fully saturated rings.